The number of rotatable bonds is 5. The molecular formula is C42H39FIrN2SSi-2. The standard InChI is InChI=1S/C28H23FNS.C14H16NSi.Ir/c1-28(2,3)17-18-12-13-30-25(14-18)21-7-11-24-23-10-6-20(15-26(23)31-27(24)16-21)19-4-8-22(29)9-5-19;1-16(2,3)13-9-10-14(15-11-13)12-7-5-4-6-8-12;/h4-6,8-16H,17H2,1-3H3;4-7,9-11H,1-3H3;/q2*-1;/i17D2;;. The van der Waals surface area contributed by atoms with E-state index in [9.17, 15) is 4.39 Å². The Morgan fingerprint density at radius 3 is 2.19 bits per heavy atom. The molecule has 0 aliphatic carbocycles. The van der Waals surface area contributed by atoms with E-state index in [4.69, 9.17) is 2.74 Å². The fourth-order valence-corrected chi connectivity index (χ4v) is 7.52. The number of pyridine rings is 2. The fourth-order valence-electron chi connectivity index (χ4n) is 5.32. The third-order valence-corrected chi connectivity index (χ3v) is 10.9. The first-order valence-electron chi connectivity index (χ1n) is 16.8. The second kappa shape index (κ2) is 14.8. The maximum absolute atomic E-state index is 13.3. The molecule has 0 saturated carbocycles. The van der Waals surface area contributed by atoms with Crippen LogP contribution in [-0.2, 0) is 26.5 Å². The molecule has 0 N–H and O–H groups in total. The van der Waals surface area contributed by atoms with Crippen molar-refractivity contribution in [1.82, 2.24) is 9.97 Å². The summed E-state index contributed by atoms with van der Waals surface area (Å²) in [5.74, 6) is -0.238. The van der Waals surface area contributed by atoms with Gasteiger partial charge in [-0.2, -0.15) is 11.3 Å². The first kappa shape index (κ1) is 32.7. The molecule has 0 aliphatic rings. The van der Waals surface area contributed by atoms with Crippen molar-refractivity contribution >= 4 is 44.8 Å². The van der Waals surface area contributed by atoms with Crippen molar-refractivity contribution in [3.8, 4) is 33.6 Å². The van der Waals surface area contributed by atoms with E-state index in [1.54, 1.807) is 35.7 Å². The molecule has 6 heteroatoms. The smallest absolute Gasteiger partial charge is 0.123 e. The Morgan fingerprint density at radius 2 is 1.52 bits per heavy atom. The van der Waals surface area contributed by atoms with E-state index in [1.807, 2.05) is 63.4 Å². The molecule has 7 aromatic rings. The predicted molar refractivity (Wildman–Crippen MR) is 201 cm³/mol. The molecular weight excluding hydrogens is 804 g/mol. The van der Waals surface area contributed by atoms with Crippen LogP contribution in [-0.4, -0.2) is 18.0 Å². The minimum Gasteiger partial charge on any atom is -0.305 e. The van der Waals surface area contributed by atoms with E-state index < -0.39 is 19.9 Å². The molecule has 7 rings (SSSR count). The second-order valence-corrected chi connectivity index (χ2v) is 19.9. The molecule has 0 fully saturated rings. The molecule has 0 spiro atoms. The molecule has 0 unspecified atom stereocenters. The summed E-state index contributed by atoms with van der Waals surface area (Å²) in [4.78, 5) is 9.02. The zero-order valence-electron chi connectivity index (χ0n) is 30.0. The van der Waals surface area contributed by atoms with Crippen LogP contribution in [0.5, 0.6) is 0 Å². The van der Waals surface area contributed by atoms with Gasteiger partial charge >= 0.3 is 0 Å². The van der Waals surface area contributed by atoms with Crippen molar-refractivity contribution in [2.75, 3.05) is 0 Å². The molecule has 2 nitrogen and oxygen atoms in total. The Kier molecular flexibility index (Phi) is 10.1. The molecule has 3 aromatic heterocycles. The average Bonchev–Trinajstić information content (AvgIpc) is 3.46. The van der Waals surface area contributed by atoms with Gasteiger partial charge < -0.3 is 9.97 Å². The van der Waals surface area contributed by atoms with E-state index in [0.29, 0.717) is 11.3 Å². The van der Waals surface area contributed by atoms with E-state index in [1.165, 1.54) is 17.3 Å². The molecule has 245 valence electrons. The van der Waals surface area contributed by atoms with Gasteiger partial charge in [0.1, 0.15) is 5.82 Å². The SMILES string of the molecule is C[Si](C)(C)c1ccc(-c2[c-]cccc2)nc1.[2H]C([2H])(c1ccnc(-c2[c-]cc3c(c2)sc2cc(-c4ccc(F)cc4)ccc23)c1)C(C)(C)C.[Ir]. The zero-order valence-corrected chi connectivity index (χ0v) is 32.2. The van der Waals surface area contributed by atoms with Crippen molar-refractivity contribution in [2.24, 2.45) is 5.41 Å². The molecule has 0 saturated heterocycles. The molecule has 3 heterocycles. The van der Waals surface area contributed by atoms with Gasteiger partial charge in [-0.15, -0.1) is 59.7 Å². The Balaban J connectivity index is 0.000000241. The third kappa shape index (κ3) is 8.61. The Labute approximate surface area is 305 Å². The number of halogens is 1. The molecule has 0 atom stereocenters. The Morgan fingerprint density at radius 1 is 0.771 bits per heavy atom. The van der Waals surface area contributed by atoms with Crippen molar-refractivity contribution in [3.05, 3.63) is 139 Å². The van der Waals surface area contributed by atoms with Crippen LogP contribution >= 0.6 is 11.3 Å². The molecule has 48 heavy (non-hydrogen) atoms. The van der Waals surface area contributed by atoms with Gasteiger partial charge in [-0.05, 0) is 73.8 Å². The third-order valence-electron chi connectivity index (χ3n) is 7.75. The number of benzene rings is 4. The quantitative estimate of drug-likeness (QED) is 0.127. The van der Waals surface area contributed by atoms with E-state index in [0.717, 1.165) is 48.1 Å². The summed E-state index contributed by atoms with van der Waals surface area (Å²) in [6, 6.07) is 39.3. The van der Waals surface area contributed by atoms with Crippen LogP contribution in [0, 0.1) is 23.4 Å². The van der Waals surface area contributed by atoms with E-state index in [2.05, 4.69) is 78.1 Å². The van der Waals surface area contributed by atoms with Gasteiger partial charge in [0.25, 0.3) is 0 Å². The van der Waals surface area contributed by atoms with Crippen molar-refractivity contribution in [3.63, 3.8) is 0 Å². The normalized spacial score (nSPS) is 12.5. The number of hydrogen-bond donors (Lipinski definition) is 0. The average molecular weight is 845 g/mol. The van der Waals surface area contributed by atoms with Gasteiger partial charge in [0.2, 0.25) is 0 Å². The first-order chi connectivity index (χ1) is 23.2. The van der Waals surface area contributed by atoms with Gasteiger partial charge in [-0.3, -0.25) is 0 Å². The van der Waals surface area contributed by atoms with Gasteiger partial charge in [0.05, 0.1) is 8.07 Å². The fraction of sp³-hybridized carbons (Fsp3) is 0.190. The largest absolute Gasteiger partial charge is 0.305 e. The summed E-state index contributed by atoms with van der Waals surface area (Å²) in [7, 11) is -1.23. The van der Waals surface area contributed by atoms with Gasteiger partial charge in [0, 0.05) is 39.9 Å². The van der Waals surface area contributed by atoms with Gasteiger partial charge in [-0.25, -0.2) is 4.39 Å². The van der Waals surface area contributed by atoms with E-state index >= 15 is 0 Å². The van der Waals surface area contributed by atoms with Crippen LogP contribution in [0.4, 0.5) is 4.39 Å². The van der Waals surface area contributed by atoms with Gasteiger partial charge in [0.15, 0.2) is 0 Å². The van der Waals surface area contributed by atoms with Crippen molar-refractivity contribution < 1.29 is 27.2 Å². The van der Waals surface area contributed by atoms with Crippen LogP contribution in [0.3, 0.4) is 0 Å². The molecule has 1 radical (unpaired) electrons. The zero-order chi connectivity index (χ0) is 35.0. The Hall–Kier alpha value is -3.80. The van der Waals surface area contributed by atoms with Crippen molar-refractivity contribution in [1.29, 1.82) is 0 Å². The summed E-state index contributed by atoms with van der Waals surface area (Å²) in [5.41, 5.74) is 5.74. The molecule has 4 aromatic carbocycles. The van der Waals surface area contributed by atoms with Crippen LogP contribution in [0.25, 0.3) is 53.8 Å². The summed E-state index contributed by atoms with van der Waals surface area (Å²) in [5, 5.41) is 3.69. The first-order valence-corrected chi connectivity index (χ1v) is 20.1. The number of aromatic nitrogens is 2. The number of nitrogens with zero attached hydrogens (tertiary/aromatic N) is 2. The van der Waals surface area contributed by atoms with Crippen LogP contribution in [0.2, 0.25) is 19.6 Å². The molecule has 0 aliphatic heterocycles. The topological polar surface area (TPSA) is 25.8 Å². The Bertz CT molecular complexity index is 2220. The molecule has 0 bridgehead atoms. The van der Waals surface area contributed by atoms with Crippen LogP contribution in [0.1, 0.15) is 29.1 Å². The minimum atomic E-state index is -1.48. The van der Waals surface area contributed by atoms with E-state index in [-0.39, 0.29) is 25.9 Å². The molecule has 0 amide bonds. The monoisotopic (exact) mass is 845 g/mol. The summed E-state index contributed by atoms with van der Waals surface area (Å²) < 4.78 is 32.8. The number of hydrogen-bond acceptors (Lipinski definition) is 3. The minimum absolute atomic E-state index is 0. The number of thiophene rings is 1. The summed E-state index contributed by atoms with van der Waals surface area (Å²) in [6.45, 7) is 12.7. The number of fused-ring (bicyclic) bond motifs is 3. The van der Waals surface area contributed by atoms with Crippen LogP contribution in [0.15, 0.2) is 116 Å². The van der Waals surface area contributed by atoms with Crippen LogP contribution < -0.4 is 5.19 Å². The van der Waals surface area contributed by atoms with Crippen molar-refractivity contribution in [2.45, 2.75) is 46.8 Å². The maximum atomic E-state index is 13.3. The summed E-state index contributed by atoms with van der Waals surface area (Å²) in [6.07, 6.45) is 2.21. The second-order valence-electron chi connectivity index (χ2n) is 13.7. The van der Waals surface area contributed by atoms with Gasteiger partial charge in [-0.1, -0.05) is 93.8 Å². The summed E-state index contributed by atoms with van der Waals surface area (Å²) >= 11 is 1.70. The maximum Gasteiger partial charge on any atom is 0.123 e. The predicted octanol–water partition coefficient (Wildman–Crippen LogP) is 11.4.